The zero-order valence-electron chi connectivity index (χ0n) is 12.0. The lowest BCUT2D eigenvalue weighted by molar-refractivity contribution is -0.187. The first-order chi connectivity index (χ1) is 10.3. The largest absolute Gasteiger partial charge is 0.471 e. The lowest BCUT2D eigenvalue weighted by atomic mass is 9.95. The number of nitrogens with zero attached hydrogens (tertiary/aromatic N) is 3. The van der Waals surface area contributed by atoms with Gasteiger partial charge >= 0.3 is 12.1 Å². The summed E-state index contributed by atoms with van der Waals surface area (Å²) in [5.41, 5.74) is 0. The molecule has 0 aromatic rings. The molecule has 2 aliphatic rings. The maximum Gasteiger partial charge on any atom is 0.471 e. The van der Waals surface area contributed by atoms with Gasteiger partial charge in [-0.05, 0) is 12.8 Å². The average molecular weight is 321 g/mol. The molecule has 0 saturated carbocycles. The minimum atomic E-state index is -4.86. The molecule has 0 spiro atoms. The first-order valence-electron chi connectivity index (χ1n) is 7.17. The molecular weight excluding hydrogens is 303 g/mol. The second-order valence-electron chi connectivity index (χ2n) is 5.53. The molecule has 0 N–H and O–H groups in total. The van der Waals surface area contributed by atoms with E-state index in [-0.39, 0.29) is 37.8 Å². The third-order valence-electron chi connectivity index (χ3n) is 4.15. The maximum atomic E-state index is 12.4. The van der Waals surface area contributed by atoms with Gasteiger partial charge < -0.3 is 14.7 Å². The Morgan fingerprint density at radius 1 is 0.909 bits per heavy atom. The van der Waals surface area contributed by atoms with E-state index in [2.05, 4.69) is 0 Å². The lowest BCUT2D eigenvalue weighted by Gasteiger charge is -2.37. The summed E-state index contributed by atoms with van der Waals surface area (Å²) in [6, 6.07) is 0. The highest BCUT2D eigenvalue weighted by molar-refractivity contribution is 5.83. The third kappa shape index (κ3) is 3.69. The molecule has 0 unspecified atom stereocenters. The summed E-state index contributed by atoms with van der Waals surface area (Å²) in [6.07, 6.45) is -3.63. The molecule has 22 heavy (non-hydrogen) atoms. The zero-order chi connectivity index (χ0) is 16.3. The van der Waals surface area contributed by atoms with Crippen molar-refractivity contribution in [2.75, 3.05) is 39.3 Å². The number of carbonyl (C=O) groups is 3. The molecule has 2 heterocycles. The van der Waals surface area contributed by atoms with Gasteiger partial charge in [-0.1, -0.05) is 0 Å². The van der Waals surface area contributed by atoms with Crippen molar-refractivity contribution in [3.63, 3.8) is 0 Å². The Hall–Kier alpha value is -1.80. The van der Waals surface area contributed by atoms with Gasteiger partial charge in [-0.15, -0.1) is 0 Å². The van der Waals surface area contributed by atoms with Gasteiger partial charge in [-0.2, -0.15) is 13.2 Å². The van der Waals surface area contributed by atoms with Crippen LogP contribution in [0.15, 0.2) is 0 Å². The predicted octanol–water partition coefficient (Wildman–Crippen LogP) is 0.0879. The zero-order valence-corrected chi connectivity index (χ0v) is 12.0. The smallest absolute Gasteiger partial charge is 0.342 e. The molecular formula is C13H18F3N3O3. The van der Waals surface area contributed by atoms with Crippen molar-refractivity contribution >= 4 is 18.2 Å². The van der Waals surface area contributed by atoms with Crippen molar-refractivity contribution in [1.29, 1.82) is 0 Å². The predicted molar refractivity (Wildman–Crippen MR) is 69.6 cm³/mol. The number of likely N-dealkylation sites (tertiary alicyclic amines) is 1. The highest BCUT2D eigenvalue weighted by Gasteiger charge is 2.44. The van der Waals surface area contributed by atoms with Crippen LogP contribution < -0.4 is 0 Å². The summed E-state index contributed by atoms with van der Waals surface area (Å²) in [5.74, 6) is -2.28. The van der Waals surface area contributed by atoms with Gasteiger partial charge in [0.2, 0.25) is 12.3 Å². The molecule has 2 saturated heterocycles. The van der Waals surface area contributed by atoms with Crippen molar-refractivity contribution in [3.8, 4) is 0 Å². The summed E-state index contributed by atoms with van der Waals surface area (Å²) in [4.78, 5) is 38.0. The first-order valence-corrected chi connectivity index (χ1v) is 7.17. The number of hydrogen-bond acceptors (Lipinski definition) is 3. The van der Waals surface area contributed by atoms with Gasteiger partial charge in [0, 0.05) is 45.2 Å². The van der Waals surface area contributed by atoms with Gasteiger partial charge in [-0.25, -0.2) is 0 Å². The topological polar surface area (TPSA) is 60.9 Å². The standard InChI is InChI=1S/C13H18F3N3O3/c14-13(15,16)12(22)19-3-1-10(2-4-19)11(21)18-7-5-17(9-20)6-8-18/h9-10H,1-8H2. The molecule has 0 aromatic heterocycles. The van der Waals surface area contributed by atoms with E-state index >= 15 is 0 Å². The van der Waals surface area contributed by atoms with Crippen LogP contribution in [0.25, 0.3) is 0 Å². The number of piperidine rings is 1. The summed E-state index contributed by atoms with van der Waals surface area (Å²) >= 11 is 0. The van der Waals surface area contributed by atoms with E-state index in [0.717, 1.165) is 11.3 Å². The summed E-state index contributed by atoms with van der Waals surface area (Å²) in [7, 11) is 0. The van der Waals surface area contributed by atoms with E-state index < -0.39 is 12.1 Å². The minimum Gasteiger partial charge on any atom is -0.342 e. The SMILES string of the molecule is O=CN1CCN(C(=O)C2CCN(C(=O)C(F)(F)F)CC2)CC1. The van der Waals surface area contributed by atoms with Crippen molar-refractivity contribution in [2.45, 2.75) is 19.0 Å². The summed E-state index contributed by atoms with van der Waals surface area (Å²) in [5, 5.41) is 0. The van der Waals surface area contributed by atoms with E-state index in [1.807, 2.05) is 0 Å². The van der Waals surface area contributed by atoms with E-state index in [9.17, 15) is 27.6 Å². The van der Waals surface area contributed by atoms with Gasteiger partial charge in [-0.3, -0.25) is 14.4 Å². The number of halogens is 3. The second kappa shape index (κ2) is 6.53. The number of piperazine rings is 1. The van der Waals surface area contributed by atoms with E-state index in [4.69, 9.17) is 0 Å². The Morgan fingerprint density at radius 2 is 1.45 bits per heavy atom. The molecule has 9 heteroatoms. The van der Waals surface area contributed by atoms with Crippen LogP contribution in [0, 0.1) is 5.92 Å². The van der Waals surface area contributed by atoms with Crippen LogP contribution in [0.4, 0.5) is 13.2 Å². The van der Waals surface area contributed by atoms with Crippen molar-refractivity contribution in [3.05, 3.63) is 0 Å². The van der Waals surface area contributed by atoms with Crippen LogP contribution in [0.2, 0.25) is 0 Å². The van der Waals surface area contributed by atoms with Crippen LogP contribution in [0.3, 0.4) is 0 Å². The average Bonchev–Trinajstić information content (AvgIpc) is 2.53. The fourth-order valence-electron chi connectivity index (χ4n) is 2.81. The molecule has 0 aliphatic carbocycles. The Labute approximate surface area is 125 Å². The molecule has 3 amide bonds. The van der Waals surface area contributed by atoms with E-state index in [1.54, 1.807) is 9.80 Å². The maximum absolute atomic E-state index is 12.4. The summed E-state index contributed by atoms with van der Waals surface area (Å²) < 4.78 is 37.1. The van der Waals surface area contributed by atoms with Gasteiger partial charge in [0.1, 0.15) is 0 Å². The summed E-state index contributed by atoms with van der Waals surface area (Å²) in [6.45, 7) is 1.73. The van der Waals surface area contributed by atoms with Crippen LogP contribution in [-0.4, -0.2) is 78.4 Å². The number of alkyl halides is 3. The Kier molecular flexibility index (Phi) is 4.92. The second-order valence-corrected chi connectivity index (χ2v) is 5.53. The number of hydrogen-bond donors (Lipinski definition) is 0. The molecule has 6 nitrogen and oxygen atoms in total. The first kappa shape index (κ1) is 16.6. The quantitative estimate of drug-likeness (QED) is 0.677. The third-order valence-corrected chi connectivity index (χ3v) is 4.15. The van der Waals surface area contributed by atoms with E-state index in [0.29, 0.717) is 26.2 Å². The highest BCUT2D eigenvalue weighted by Crippen LogP contribution is 2.25. The molecule has 0 atom stereocenters. The molecule has 2 rings (SSSR count). The number of rotatable bonds is 2. The molecule has 2 aliphatic heterocycles. The van der Waals surface area contributed by atoms with Gasteiger partial charge in [0.15, 0.2) is 0 Å². The van der Waals surface area contributed by atoms with Crippen LogP contribution in [0.5, 0.6) is 0 Å². The number of carbonyl (C=O) groups excluding carboxylic acids is 3. The van der Waals surface area contributed by atoms with Gasteiger partial charge in [0.25, 0.3) is 0 Å². The molecule has 0 bridgehead atoms. The van der Waals surface area contributed by atoms with Crippen molar-refractivity contribution in [2.24, 2.45) is 5.92 Å². The fourth-order valence-corrected chi connectivity index (χ4v) is 2.81. The fraction of sp³-hybridized carbons (Fsp3) is 0.769. The van der Waals surface area contributed by atoms with Gasteiger partial charge in [0.05, 0.1) is 0 Å². The molecule has 0 radical (unpaired) electrons. The van der Waals surface area contributed by atoms with Crippen molar-refractivity contribution < 1.29 is 27.6 Å². The normalized spacial score (nSPS) is 21.0. The lowest BCUT2D eigenvalue weighted by Crippen LogP contribution is -2.52. The minimum absolute atomic E-state index is 0.0525. The Morgan fingerprint density at radius 3 is 1.91 bits per heavy atom. The van der Waals surface area contributed by atoms with Crippen molar-refractivity contribution in [1.82, 2.24) is 14.7 Å². The van der Waals surface area contributed by atoms with Crippen LogP contribution in [0.1, 0.15) is 12.8 Å². The molecule has 124 valence electrons. The van der Waals surface area contributed by atoms with Crippen LogP contribution >= 0.6 is 0 Å². The number of amides is 3. The molecule has 2 fully saturated rings. The molecule has 0 aromatic carbocycles. The van der Waals surface area contributed by atoms with E-state index in [1.165, 1.54) is 0 Å². The van der Waals surface area contributed by atoms with Crippen LogP contribution in [-0.2, 0) is 14.4 Å². The Balaban J connectivity index is 1.83. The monoisotopic (exact) mass is 321 g/mol. The highest BCUT2D eigenvalue weighted by atomic mass is 19.4. The Bertz CT molecular complexity index is 440.